The van der Waals surface area contributed by atoms with Crippen LogP contribution in [0.5, 0.6) is 0 Å². The van der Waals surface area contributed by atoms with E-state index < -0.39 is 0 Å². The molecule has 4 rings (SSSR count). The minimum atomic E-state index is 0.0363. The second-order valence-corrected chi connectivity index (χ2v) is 8.13. The van der Waals surface area contributed by atoms with E-state index in [0.29, 0.717) is 6.54 Å². The molecule has 3 aliphatic rings. The lowest BCUT2D eigenvalue weighted by Crippen LogP contribution is -2.38. The maximum absolute atomic E-state index is 12.5. The smallest absolute Gasteiger partial charge is 0.225 e. The number of anilines is 1. The van der Waals surface area contributed by atoms with E-state index in [1.807, 2.05) is 6.20 Å². The molecule has 2 fully saturated rings. The molecule has 6 heteroatoms. The first-order valence-electron chi connectivity index (χ1n) is 10.2. The highest BCUT2D eigenvalue weighted by Gasteiger charge is 2.28. The summed E-state index contributed by atoms with van der Waals surface area (Å²) < 4.78 is 5.58. The van der Waals surface area contributed by atoms with Crippen molar-refractivity contribution in [1.82, 2.24) is 15.3 Å². The standard InChI is InChI=1S/C20H30N4O2/c1-14-6-8-24(9-7-14)20-22-12-16-11-15(4-5-18(16)23-20)19(25)21-13-17-3-2-10-26-17/h12,14-15,17H,2-11,13H2,1H3,(H,21,25)/t15-,17-/m1/s1. The first kappa shape index (κ1) is 17.7. The fourth-order valence-corrected chi connectivity index (χ4v) is 4.25. The molecule has 142 valence electrons. The summed E-state index contributed by atoms with van der Waals surface area (Å²) in [6, 6.07) is 0. The molecule has 6 nitrogen and oxygen atoms in total. The van der Waals surface area contributed by atoms with Crippen LogP contribution in [0.2, 0.25) is 0 Å². The molecular formula is C20H30N4O2. The summed E-state index contributed by atoms with van der Waals surface area (Å²) in [5, 5.41) is 3.08. The number of rotatable bonds is 4. The summed E-state index contributed by atoms with van der Waals surface area (Å²) in [6.07, 6.45) is 9.24. The van der Waals surface area contributed by atoms with Gasteiger partial charge in [-0.1, -0.05) is 6.92 Å². The number of amides is 1. The van der Waals surface area contributed by atoms with Gasteiger partial charge in [-0.05, 0) is 56.4 Å². The van der Waals surface area contributed by atoms with Crippen LogP contribution in [0.3, 0.4) is 0 Å². The van der Waals surface area contributed by atoms with Crippen molar-refractivity contribution in [3.63, 3.8) is 0 Å². The van der Waals surface area contributed by atoms with Gasteiger partial charge in [-0.3, -0.25) is 4.79 Å². The molecule has 0 saturated carbocycles. The number of ether oxygens (including phenoxy) is 1. The maximum Gasteiger partial charge on any atom is 0.225 e. The number of nitrogens with zero attached hydrogens (tertiary/aromatic N) is 3. The molecule has 0 bridgehead atoms. The van der Waals surface area contributed by atoms with E-state index in [-0.39, 0.29) is 17.9 Å². The van der Waals surface area contributed by atoms with E-state index in [9.17, 15) is 4.79 Å². The van der Waals surface area contributed by atoms with Gasteiger partial charge in [0, 0.05) is 44.0 Å². The second-order valence-electron chi connectivity index (χ2n) is 8.13. The summed E-state index contributed by atoms with van der Waals surface area (Å²) in [5.74, 6) is 1.86. The van der Waals surface area contributed by atoms with Gasteiger partial charge in [0.1, 0.15) is 0 Å². The Morgan fingerprint density at radius 3 is 2.92 bits per heavy atom. The zero-order valence-corrected chi connectivity index (χ0v) is 15.7. The molecule has 1 aromatic rings. The van der Waals surface area contributed by atoms with Crippen LogP contribution in [-0.4, -0.2) is 48.2 Å². The first-order chi connectivity index (χ1) is 12.7. The van der Waals surface area contributed by atoms with Crippen LogP contribution in [0.25, 0.3) is 0 Å². The normalized spacial score (nSPS) is 26.6. The van der Waals surface area contributed by atoms with E-state index >= 15 is 0 Å². The Morgan fingerprint density at radius 1 is 1.31 bits per heavy atom. The van der Waals surface area contributed by atoms with Crippen LogP contribution in [0.4, 0.5) is 5.95 Å². The van der Waals surface area contributed by atoms with Crippen molar-refractivity contribution in [3.8, 4) is 0 Å². The van der Waals surface area contributed by atoms with Crippen molar-refractivity contribution in [3.05, 3.63) is 17.5 Å². The van der Waals surface area contributed by atoms with E-state index in [0.717, 1.165) is 74.9 Å². The van der Waals surface area contributed by atoms with Crippen molar-refractivity contribution in [2.75, 3.05) is 31.1 Å². The third kappa shape index (κ3) is 4.00. The number of carbonyl (C=O) groups is 1. The topological polar surface area (TPSA) is 67.4 Å². The summed E-state index contributed by atoms with van der Waals surface area (Å²) in [7, 11) is 0. The molecule has 0 spiro atoms. The van der Waals surface area contributed by atoms with Gasteiger partial charge in [-0.15, -0.1) is 0 Å². The second kappa shape index (κ2) is 7.91. The maximum atomic E-state index is 12.5. The summed E-state index contributed by atoms with van der Waals surface area (Å²) >= 11 is 0. The molecule has 2 atom stereocenters. The lowest BCUT2D eigenvalue weighted by molar-refractivity contribution is -0.125. The van der Waals surface area contributed by atoms with Gasteiger partial charge >= 0.3 is 0 Å². The molecule has 2 saturated heterocycles. The van der Waals surface area contributed by atoms with Gasteiger partial charge < -0.3 is 15.0 Å². The highest BCUT2D eigenvalue weighted by atomic mass is 16.5. The molecule has 1 aromatic heterocycles. The quantitative estimate of drug-likeness (QED) is 0.893. The Hall–Kier alpha value is -1.69. The zero-order valence-electron chi connectivity index (χ0n) is 15.7. The third-order valence-electron chi connectivity index (χ3n) is 6.10. The molecule has 0 aromatic carbocycles. The number of hydrogen-bond donors (Lipinski definition) is 1. The number of carbonyl (C=O) groups excluding carboxylic acids is 1. The molecule has 26 heavy (non-hydrogen) atoms. The summed E-state index contributed by atoms with van der Waals surface area (Å²) in [4.78, 5) is 24.2. The SMILES string of the molecule is CC1CCN(c2ncc3c(n2)CC[C@@H](C(=O)NC[C@H]2CCCO2)C3)CC1. The van der Waals surface area contributed by atoms with E-state index in [1.54, 1.807) is 0 Å². The van der Waals surface area contributed by atoms with Crippen molar-refractivity contribution in [1.29, 1.82) is 0 Å². The largest absolute Gasteiger partial charge is 0.376 e. The Morgan fingerprint density at radius 2 is 2.15 bits per heavy atom. The molecule has 1 aliphatic carbocycles. The van der Waals surface area contributed by atoms with Gasteiger partial charge in [0.05, 0.1) is 6.10 Å². The molecule has 0 unspecified atom stereocenters. The van der Waals surface area contributed by atoms with Gasteiger partial charge in [0.25, 0.3) is 0 Å². The van der Waals surface area contributed by atoms with Crippen molar-refractivity contribution < 1.29 is 9.53 Å². The molecule has 1 N–H and O–H groups in total. The fraction of sp³-hybridized carbons (Fsp3) is 0.750. The predicted octanol–water partition coefficient (Wildman–Crippen LogP) is 2.11. The highest BCUT2D eigenvalue weighted by molar-refractivity contribution is 5.79. The molecule has 3 heterocycles. The average molecular weight is 358 g/mol. The van der Waals surface area contributed by atoms with Gasteiger partial charge in [-0.25, -0.2) is 9.97 Å². The van der Waals surface area contributed by atoms with Crippen LogP contribution >= 0.6 is 0 Å². The molecule has 0 radical (unpaired) electrons. The number of hydrogen-bond acceptors (Lipinski definition) is 5. The highest BCUT2D eigenvalue weighted by Crippen LogP contribution is 2.27. The zero-order chi connectivity index (χ0) is 17.9. The van der Waals surface area contributed by atoms with E-state index in [4.69, 9.17) is 9.72 Å². The van der Waals surface area contributed by atoms with E-state index in [2.05, 4.69) is 22.1 Å². The summed E-state index contributed by atoms with van der Waals surface area (Å²) in [5.41, 5.74) is 2.28. The van der Waals surface area contributed by atoms with Gasteiger partial charge in [0.2, 0.25) is 11.9 Å². The van der Waals surface area contributed by atoms with Crippen LogP contribution < -0.4 is 10.2 Å². The predicted molar refractivity (Wildman–Crippen MR) is 100 cm³/mol. The van der Waals surface area contributed by atoms with Crippen LogP contribution in [0.15, 0.2) is 6.20 Å². The first-order valence-corrected chi connectivity index (χ1v) is 10.2. The van der Waals surface area contributed by atoms with Crippen LogP contribution in [-0.2, 0) is 22.4 Å². The molecule has 2 aliphatic heterocycles. The number of fused-ring (bicyclic) bond motifs is 1. The van der Waals surface area contributed by atoms with Gasteiger partial charge in [0.15, 0.2) is 0 Å². The Labute approximate surface area is 155 Å². The van der Waals surface area contributed by atoms with Crippen LogP contribution in [0.1, 0.15) is 50.3 Å². The van der Waals surface area contributed by atoms with Gasteiger partial charge in [-0.2, -0.15) is 0 Å². The van der Waals surface area contributed by atoms with Crippen molar-refractivity contribution >= 4 is 11.9 Å². The van der Waals surface area contributed by atoms with E-state index in [1.165, 1.54) is 12.8 Å². The Balaban J connectivity index is 1.34. The number of aryl methyl sites for hydroxylation is 1. The third-order valence-corrected chi connectivity index (χ3v) is 6.10. The molecular weight excluding hydrogens is 328 g/mol. The fourth-order valence-electron chi connectivity index (χ4n) is 4.25. The van der Waals surface area contributed by atoms with Crippen molar-refractivity contribution in [2.24, 2.45) is 11.8 Å². The number of nitrogens with one attached hydrogen (secondary N) is 1. The lowest BCUT2D eigenvalue weighted by Gasteiger charge is -2.31. The number of aromatic nitrogens is 2. The lowest BCUT2D eigenvalue weighted by atomic mass is 9.86. The Kier molecular flexibility index (Phi) is 5.38. The minimum Gasteiger partial charge on any atom is -0.376 e. The van der Waals surface area contributed by atoms with Crippen LogP contribution in [0, 0.1) is 11.8 Å². The number of piperidine rings is 1. The molecule has 1 amide bonds. The monoisotopic (exact) mass is 358 g/mol. The average Bonchev–Trinajstić information content (AvgIpc) is 3.19. The summed E-state index contributed by atoms with van der Waals surface area (Å²) in [6.45, 7) is 5.88. The minimum absolute atomic E-state index is 0.0363. The van der Waals surface area contributed by atoms with Crippen molar-refractivity contribution in [2.45, 2.75) is 58.0 Å². The Bertz CT molecular complexity index is 637.